The number of ether oxygens (including phenoxy) is 2. The van der Waals surface area contributed by atoms with Crippen LogP contribution in [0, 0.1) is 20.8 Å². The summed E-state index contributed by atoms with van der Waals surface area (Å²) < 4.78 is 10.7. The molecule has 0 aliphatic carbocycles. The summed E-state index contributed by atoms with van der Waals surface area (Å²) in [6, 6.07) is 5.72. The van der Waals surface area contributed by atoms with E-state index in [4.69, 9.17) is 9.47 Å². The van der Waals surface area contributed by atoms with Gasteiger partial charge >= 0.3 is 5.97 Å². The van der Waals surface area contributed by atoms with Gasteiger partial charge in [-0.2, -0.15) is 0 Å². The van der Waals surface area contributed by atoms with E-state index >= 15 is 0 Å². The van der Waals surface area contributed by atoms with Gasteiger partial charge in [0.2, 0.25) is 0 Å². The lowest BCUT2D eigenvalue weighted by atomic mass is 10.1. The first-order valence-corrected chi connectivity index (χ1v) is 9.38. The van der Waals surface area contributed by atoms with Gasteiger partial charge in [0.15, 0.2) is 12.4 Å². The summed E-state index contributed by atoms with van der Waals surface area (Å²) in [5.74, 6) is -0.496. The topological polar surface area (TPSA) is 81.7 Å². The van der Waals surface area contributed by atoms with Gasteiger partial charge in [0.1, 0.15) is 10.8 Å². The Morgan fingerprint density at radius 2 is 1.74 bits per heavy atom. The van der Waals surface area contributed by atoms with E-state index in [-0.39, 0.29) is 24.6 Å². The smallest absolute Gasteiger partial charge is 0.341 e. The van der Waals surface area contributed by atoms with Crippen molar-refractivity contribution in [2.24, 2.45) is 0 Å². The van der Waals surface area contributed by atoms with Crippen LogP contribution in [0.1, 0.15) is 50.6 Å². The summed E-state index contributed by atoms with van der Waals surface area (Å²) in [6.07, 6.45) is 0. The number of esters is 1. The lowest BCUT2D eigenvalue weighted by molar-refractivity contribution is -0.118. The summed E-state index contributed by atoms with van der Waals surface area (Å²) in [5.41, 5.74) is 2.59. The number of aryl methyl sites for hydroxylation is 2. The molecule has 0 aliphatic rings. The maximum absolute atomic E-state index is 12.4. The highest BCUT2D eigenvalue weighted by Gasteiger charge is 2.25. The fraction of sp³-hybridized carbons (Fsp3) is 0.350. The molecule has 0 radical (unpaired) electrons. The van der Waals surface area contributed by atoms with E-state index in [9.17, 15) is 14.4 Å². The molecular formula is C20H23NO5S. The zero-order valence-corrected chi connectivity index (χ0v) is 16.9. The molecule has 0 spiro atoms. The molecule has 1 aromatic heterocycles. The van der Waals surface area contributed by atoms with Gasteiger partial charge in [0, 0.05) is 0 Å². The van der Waals surface area contributed by atoms with Crippen molar-refractivity contribution in [3.8, 4) is 5.75 Å². The molecular weight excluding hydrogens is 366 g/mol. The van der Waals surface area contributed by atoms with Gasteiger partial charge in [0.05, 0.1) is 17.0 Å². The van der Waals surface area contributed by atoms with E-state index < -0.39 is 11.9 Å². The molecule has 1 aromatic carbocycles. The third-order valence-corrected chi connectivity index (χ3v) is 5.26. The number of rotatable bonds is 7. The Kier molecular flexibility index (Phi) is 6.74. The summed E-state index contributed by atoms with van der Waals surface area (Å²) >= 11 is 1.07. The van der Waals surface area contributed by atoms with Gasteiger partial charge in [-0.3, -0.25) is 9.59 Å². The predicted octanol–water partition coefficient (Wildman–Crippen LogP) is 4.07. The van der Waals surface area contributed by atoms with Crippen molar-refractivity contribution in [3.63, 3.8) is 0 Å². The Balaban J connectivity index is 2.20. The molecule has 0 saturated carbocycles. The van der Waals surface area contributed by atoms with E-state index in [1.807, 2.05) is 32.0 Å². The Morgan fingerprint density at radius 3 is 2.30 bits per heavy atom. The van der Waals surface area contributed by atoms with E-state index in [1.165, 1.54) is 6.92 Å². The summed E-state index contributed by atoms with van der Waals surface area (Å²) in [5, 5.41) is 2.97. The fourth-order valence-electron chi connectivity index (χ4n) is 2.71. The van der Waals surface area contributed by atoms with Crippen LogP contribution in [0.2, 0.25) is 0 Å². The number of para-hydroxylation sites is 1. The molecule has 2 rings (SSSR count). The minimum absolute atomic E-state index is 0.171. The van der Waals surface area contributed by atoms with Gasteiger partial charge in [-0.1, -0.05) is 18.2 Å². The highest BCUT2D eigenvalue weighted by atomic mass is 32.1. The van der Waals surface area contributed by atoms with Crippen molar-refractivity contribution in [1.82, 2.24) is 0 Å². The van der Waals surface area contributed by atoms with E-state index in [1.54, 1.807) is 13.8 Å². The molecule has 6 nitrogen and oxygen atoms in total. The quantitative estimate of drug-likeness (QED) is 0.570. The van der Waals surface area contributed by atoms with Gasteiger partial charge in [-0.25, -0.2) is 4.79 Å². The number of nitrogens with one attached hydrogen (secondary N) is 1. The van der Waals surface area contributed by atoms with Crippen molar-refractivity contribution in [3.05, 3.63) is 45.3 Å². The number of Topliss-reactive ketones (excluding diaryl/α,β-unsaturated/α-hetero) is 1. The van der Waals surface area contributed by atoms with Crippen LogP contribution in [0.4, 0.5) is 5.00 Å². The van der Waals surface area contributed by atoms with Gasteiger partial charge in [0.25, 0.3) is 5.91 Å². The second kappa shape index (κ2) is 8.81. The first kappa shape index (κ1) is 20.6. The fourth-order valence-corrected chi connectivity index (χ4v) is 3.82. The maximum Gasteiger partial charge on any atom is 0.341 e. The zero-order chi connectivity index (χ0) is 20.1. The van der Waals surface area contributed by atoms with E-state index in [0.29, 0.717) is 21.2 Å². The second-order valence-electron chi connectivity index (χ2n) is 6.09. The molecule has 27 heavy (non-hydrogen) atoms. The number of hydrogen-bond donors (Lipinski definition) is 1. The van der Waals surface area contributed by atoms with Crippen LogP contribution in [0.25, 0.3) is 0 Å². The molecule has 0 saturated heterocycles. The monoisotopic (exact) mass is 389 g/mol. The minimum atomic E-state index is -0.565. The molecule has 0 bridgehead atoms. The molecule has 7 heteroatoms. The summed E-state index contributed by atoms with van der Waals surface area (Å²) in [4.78, 5) is 36.9. The molecule has 1 heterocycles. The number of benzene rings is 1. The average Bonchev–Trinajstić information content (AvgIpc) is 2.91. The van der Waals surface area contributed by atoms with Crippen LogP contribution in [0.5, 0.6) is 5.75 Å². The largest absolute Gasteiger partial charge is 0.483 e. The van der Waals surface area contributed by atoms with Crippen LogP contribution >= 0.6 is 11.3 Å². The average molecular weight is 389 g/mol. The highest BCUT2D eigenvalue weighted by Crippen LogP contribution is 2.34. The Bertz CT molecular complexity index is 864. The van der Waals surface area contributed by atoms with Crippen molar-refractivity contribution in [2.75, 3.05) is 18.5 Å². The number of thiophene rings is 1. The van der Waals surface area contributed by atoms with Crippen molar-refractivity contribution in [1.29, 1.82) is 0 Å². The van der Waals surface area contributed by atoms with Crippen molar-refractivity contribution in [2.45, 2.75) is 34.6 Å². The first-order valence-electron chi connectivity index (χ1n) is 8.56. The number of anilines is 1. The molecule has 0 atom stereocenters. The zero-order valence-electron chi connectivity index (χ0n) is 16.1. The number of amides is 1. The minimum Gasteiger partial charge on any atom is -0.483 e. The summed E-state index contributed by atoms with van der Waals surface area (Å²) in [7, 11) is 0. The maximum atomic E-state index is 12.4. The third kappa shape index (κ3) is 4.74. The second-order valence-corrected chi connectivity index (χ2v) is 7.12. The van der Waals surface area contributed by atoms with Crippen LogP contribution in [-0.4, -0.2) is 30.9 Å². The number of hydrogen-bond acceptors (Lipinski definition) is 6. The Morgan fingerprint density at radius 1 is 1.11 bits per heavy atom. The Hall–Kier alpha value is -2.67. The van der Waals surface area contributed by atoms with E-state index in [2.05, 4.69) is 5.32 Å². The SMILES string of the molecule is CCOC(=O)c1c(NC(=O)COc2c(C)cccc2C)sc(C(C)=O)c1C. The van der Waals surface area contributed by atoms with Gasteiger partial charge in [-0.15, -0.1) is 11.3 Å². The first-order chi connectivity index (χ1) is 12.8. The van der Waals surface area contributed by atoms with Crippen molar-refractivity contribution >= 4 is 34.0 Å². The van der Waals surface area contributed by atoms with Crippen LogP contribution in [-0.2, 0) is 9.53 Å². The molecule has 2 aromatic rings. The standard InChI is InChI=1S/C20H23NO5S/c1-6-25-20(24)16-13(4)18(14(5)22)27-19(16)21-15(23)10-26-17-11(2)8-7-9-12(17)3/h7-9H,6,10H2,1-5H3,(H,21,23). The number of ketones is 1. The molecule has 1 N–H and O–H groups in total. The highest BCUT2D eigenvalue weighted by molar-refractivity contribution is 7.18. The molecule has 1 amide bonds. The van der Waals surface area contributed by atoms with Gasteiger partial charge in [-0.05, 0) is 51.3 Å². The van der Waals surface area contributed by atoms with Crippen LogP contribution in [0.15, 0.2) is 18.2 Å². The number of carbonyl (C=O) groups is 3. The lowest BCUT2D eigenvalue weighted by Crippen LogP contribution is -2.21. The molecule has 0 unspecified atom stereocenters. The number of carbonyl (C=O) groups excluding carboxylic acids is 3. The Labute approximate surface area is 162 Å². The van der Waals surface area contributed by atoms with Crippen LogP contribution in [0.3, 0.4) is 0 Å². The van der Waals surface area contributed by atoms with Crippen LogP contribution < -0.4 is 10.1 Å². The molecule has 0 fully saturated rings. The molecule has 144 valence electrons. The normalized spacial score (nSPS) is 10.4. The predicted molar refractivity (Wildman–Crippen MR) is 105 cm³/mol. The lowest BCUT2D eigenvalue weighted by Gasteiger charge is -2.12. The third-order valence-electron chi connectivity index (χ3n) is 3.96. The summed E-state index contributed by atoms with van der Waals surface area (Å²) in [6.45, 7) is 8.59. The van der Waals surface area contributed by atoms with Crippen molar-refractivity contribution < 1.29 is 23.9 Å². The van der Waals surface area contributed by atoms with Gasteiger partial charge < -0.3 is 14.8 Å². The molecule has 0 aliphatic heterocycles. The van der Waals surface area contributed by atoms with E-state index in [0.717, 1.165) is 22.5 Å².